The summed E-state index contributed by atoms with van der Waals surface area (Å²) >= 11 is 0. The van der Waals surface area contributed by atoms with E-state index in [1.807, 2.05) is 31.2 Å². The quantitative estimate of drug-likeness (QED) is 0.706. The zero-order valence-electron chi connectivity index (χ0n) is 12.3. The molecule has 0 fully saturated rings. The van der Waals surface area contributed by atoms with Crippen molar-refractivity contribution in [2.45, 2.75) is 46.6 Å². The van der Waals surface area contributed by atoms with Gasteiger partial charge in [0, 0.05) is 0 Å². The van der Waals surface area contributed by atoms with E-state index < -0.39 is 6.10 Å². The minimum absolute atomic E-state index is 0.295. The number of ether oxygens (including phenoxy) is 2. The Kier molecular flexibility index (Phi) is 6.40. The van der Waals surface area contributed by atoms with Crippen LogP contribution in [0.25, 0.3) is 0 Å². The maximum Gasteiger partial charge on any atom is 0.347 e. The molecule has 1 aromatic carbocycles. The van der Waals surface area contributed by atoms with E-state index in [1.54, 1.807) is 6.92 Å². The average molecular weight is 264 g/mol. The van der Waals surface area contributed by atoms with Gasteiger partial charge in [-0.2, -0.15) is 0 Å². The summed E-state index contributed by atoms with van der Waals surface area (Å²) in [6, 6.07) is 7.93. The molecule has 0 saturated heterocycles. The molecular weight excluding hydrogens is 240 g/mol. The lowest BCUT2D eigenvalue weighted by molar-refractivity contribution is -0.151. The first kappa shape index (κ1) is 15.5. The van der Waals surface area contributed by atoms with Gasteiger partial charge in [0.05, 0.1) is 6.61 Å². The first-order valence-electron chi connectivity index (χ1n) is 6.99. The zero-order valence-corrected chi connectivity index (χ0v) is 12.3. The van der Waals surface area contributed by atoms with Crippen molar-refractivity contribution in [2.24, 2.45) is 5.92 Å². The first-order valence-corrected chi connectivity index (χ1v) is 6.99. The second-order valence-corrected chi connectivity index (χ2v) is 5.01. The average Bonchev–Trinajstić information content (AvgIpc) is 2.37. The molecule has 0 spiro atoms. The van der Waals surface area contributed by atoms with Crippen molar-refractivity contribution in [2.75, 3.05) is 6.61 Å². The van der Waals surface area contributed by atoms with Gasteiger partial charge < -0.3 is 9.47 Å². The van der Waals surface area contributed by atoms with Crippen LogP contribution >= 0.6 is 0 Å². The third-order valence-electron chi connectivity index (χ3n) is 2.77. The van der Waals surface area contributed by atoms with Gasteiger partial charge >= 0.3 is 5.97 Å². The van der Waals surface area contributed by atoms with E-state index in [0.29, 0.717) is 24.7 Å². The molecule has 0 amide bonds. The van der Waals surface area contributed by atoms with Crippen LogP contribution in [0.4, 0.5) is 0 Å². The molecule has 19 heavy (non-hydrogen) atoms. The molecule has 0 saturated carbocycles. The fraction of sp³-hybridized carbons (Fsp3) is 0.562. The summed E-state index contributed by atoms with van der Waals surface area (Å²) in [5, 5.41) is 0. The maximum atomic E-state index is 11.6. The van der Waals surface area contributed by atoms with Gasteiger partial charge in [-0.3, -0.25) is 0 Å². The van der Waals surface area contributed by atoms with Crippen molar-refractivity contribution >= 4 is 5.97 Å². The summed E-state index contributed by atoms with van der Waals surface area (Å²) in [6.45, 7) is 8.47. The predicted molar refractivity (Wildman–Crippen MR) is 76.3 cm³/mol. The van der Waals surface area contributed by atoms with E-state index >= 15 is 0 Å². The third kappa shape index (κ3) is 5.33. The molecule has 0 aromatic heterocycles. The monoisotopic (exact) mass is 264 g/mol. The summed E-state index contributed by atoms with van der Waals surface area (Å²) in [6.07, 6.45) is 1.14. The second-order valence-electron chi connectivity index (χ2n) is 5.01. The smallest absolute Gasteiger partial charge is 0.347 e. The maximum absolute atomic E-state index is 11.6. The van der Waals surface area contributed by atoms with Crippen LogP contribution in [-0.2, 0) is 16.0 Å². The van der Waals surface area contributed by atoms with E-state index in [2.05, 4.69) is 13.8 Å². The van der Waals surface area contributed by atoms with Crippen LogP contribution in [0.1, 0.15) is 39.7 Å². The number of hydrogen-bond donors (Lipinski definition) is 0. The summed E-state index contributed by atoms with van der Waals surface area (Å²) in [4.78, 5) is 11.6. The Morgan fingerprint density at radius 2 is 1.79 bits per heavy atom. The molecule has 0 N–H and O–H groups in total. The highest BCUT2D eigenvalue weighted by molar-refractivity contribution is 5.75. The number of carbonyl (C=O) groups excluding carboxylic acids is 1. The van der Waals surface area contributed by atoms with Crippen LogP contribution in [-0.4, -0.2) is 18.7 Å². The molecule has 1 rings (SSSR count). The van der Waals surface area contributed by atoms with Crippen LogP contribution in [0.5, 0.6) is 5.75 Å². The Hall–Kier alpha value is -1.51. The van der Waals surface area contributed by atoms with Gasteiger partial charge in [0.25, 0.3) is 0 Å². The van der Waals surface area contributed by atoms with Crippen molar-refractivity contribution in [1.29, 1.82) is 0 Å². The van der Waals surface area contributed by atoms with Gasteiger partial charge in [-0.25, -0.2) is 4.79 Å². The SMILES string of the molecule is CCOC(=O)C(CC)Oc1ccc(CC(C)C)cc1. The molecule has 0 bridgehead atoms. The molecule has 1 unspecified atom stereocenters. The van der Waals surface area contributed by atoms with Crippen molar-refractivity contribution in [3.05, 3.63) is 29.8 Å². The van der Waals surface area contributed by atoms with Crippen molar-refractivity contribution in [3.63, 3.8) is 0 Å². The van der Waals surface area contributed by atoms with Gasteiger partial charge in [-0.1, -0.05) is 32.9 Å². The molecule has 106 valence electrons. The van der Waals surface area contributed by atoms with Gasteiger partial charge in [-0.05, 0) is 43.4 Å². The normalized spacial score (nSPS) is 12.3. The summed E-state index contributed by atoms with van der Waals surface area (Å²) in [5.41, 5.74) is 1.28. The van der Waals surface area contributed by atoms with Gasteiger partial charge in [0.15, 0.2) is 6.10 Å². The molecule has 1 atom stereocenters. The number of esters is 1. The number of hydrogen-bond acceptors (Lipinski definition) is 3. The highest BCUT2D eigenvalue weighted by Crippen LogP contribution is 2.17. The Balaban J connectivity index is 2.62. The van der Waals surface area contributed by atoms with Crippen LogP contribution in [0.3, 0.4) is 0 Å². The van der Waals surface area contributed by atoms with E-state index in [1.165, 1.54) is 5.56 Å². The molecule has 3 heteroatoms. The number of rotatable bonds is 7. The van der Waals surface area contributed by atoms with Gasteiger partial charge in [0.1, 0.15) is 5.75 Å². The van der Waals surface area contributed by atoms with Gasteiger partial charge in [0.2, 0.25) is 0 Å². The largest absolute Gasteiger partial charge is 0.479 e. The molecule has 0 aliphatic heterocycles. The Morgan fingerprint density at radius 1 is 1.16 bits per heavy atom. The van der Waals surface area contributed by atoms with E-state index in [4.69, 9.17) is 9.47 Å². The van der Waals surface area contributed by atoms with E-state index in [0.717, 1.165) is 6.42 Å². The molecule has 0 aliphatic rings. The number of benzene rings is 1. The third-order valence-corrected chi connectivity index (χ3v) is 2.77. The molecule has 0 aliphatic carbocycles. The molecule has 0 heterocycles. The lowest BCUT2D eigenvalue weighted by atomic mass is 10.0. The Morgan fingerprint density at radius 3 is 2.26 bits per heavy atom. The van der Waals surface area contributed by atoms with Gasteiger partial charge in [-0.15, -0.1) is 0 Å². The van der Waals surface area contributed by atoms with Crippen molar-refractivity contribution in [1.82, 2.24) is 0 Å². The fourth-order valence-electron chi connectivity index (χ4n) is 1.87. The molecular formula is C16H24O3. The minimum Gasteiger partial charge on any atom is -0.479 e. The predicted octanol–water partition coefficient (Wildman–Crippen LogP) is 3.61. The first-order chi connectivity index (χ1) is 9.06. The van der Waals surface area contributed by atoms with Crippen LogP contribution in [0.2, 0.25) is 0 Å². The topological polar surface area (TPSA) is 35.5 Å². The van der Waals surface area contributed by atoms with E-state index in [-0.39, 0.29) is 5.97 Å². The second kappa shape index (κ2) is 7.82. The van der Waals surface area contributed by atoms with Crippen LogP contribution in [0, 0.1) is 5.92 Å². The molecule has 0 radical (unpaired) electrons. The Labute approximate surface area is 115 Å². The Bertz CT molecular complexity index is 381. The zero-order chi connectivity index (χ0) is 14.3. The van der Waals surface area contributed by atoms with Crippen molar-refractivity contribution in [3.8, 4) is 5.75 Å². The highest BCUT2D eigenvalue weighted by Gasteiger charge is 2.19. The lowest BCUT2D eigenvalue weighted by Gasteiger charge is -2.16. The number of carbonyl (C=O) groups is 1. The lowest BCUT2D eigenvalue weighted by Crippen LogP contribution is -2.28. The summed E-state index contributed by atoms with van der Waals surface area (Å²) in [7, 11) is 0. The summed E-state index contributed by atoms with van der Waals surface area (Å²) in [5.74, 6) is 1.05. The van der Waals surface area contributed by atoms with E-state index in [9.17, 15) is 4.79 Å². The molecule has 3 nitrogen and oxygen atoms in total. The van der Waals surface area contributed by atoms with Crippen molar-refractivity contribution < 1.29 is 14.3 Å². The standard InChI is InChI=1S/C16H24O3/c1-5-15(16(17)18-6-2)19-14-9-7-13(8-10-14)11-12(3)4/h7-10,12,15H,5-6,11H2,1-4H3. The van der Waals surface area contributed by atoms with Crippen LogP contribution in [0.15, 0.2) is 24.3 Å². The minimum atomic E-state index is -0.518. The fourth-order valence-corrected chi connectivity index (χ4v) is 1.87. The molecule has 1 aromatic rings. The van der Waals surface area contributed by atoms with Crippen LogP contribution < -0.4 is 4.74 Å². The summed E-state index contributed by atoms with van der Waals surface area (Å²) < 4.78 is 10.6. The highest BCUT2D eigenvalue weighted by atomic mass is 16.6.